The van der Waals surface area contributed by atoms with Gasteiger partial charge in [0.05, 0.1) is 6.61 Å². The van der Waals surface area contributed by atoms with Crippen LogP contribution in [0.2, 0.25) is 0 Å². The second-order valence-electron chi connectivity index (χ2n) is 3.41. The third-order valence-corrected chi connectivity index (χ3v) is 2.03. The van der Waals surface area contributed by atoms with Gasteiger partial charge in [0.1, 0.15) is 0 Å². The minimum absolute atomic E-state index is 0.774. The van der Waals surface area contributed by atoms with Crippen LogP contribution < -0.4 is 11.1 Å². The Balaban J connectivity index is 1.65. The minimum atomic E-state index is 0.774. The normalized spacial score (nSPS) is 16.8. The molecule has 12 heavy (non-hydrogen) atoms. The molecule has 0 unspecified atom stereocenters. The van der Waals surface area contributed by atoms with Crippen molar-refractivity contribution < 1.29 is 4.74 Å². The highest BCUT2D eigenvalue weighted by molar-refractivity contribution is 4.71. The van der Waals surface area contributed by atoms with Crippen LogP contribution in [0.3, 0.4) is 0 Å². The molecule has 1 fully saturated rings. The Labute approximate surface area is 74.7 Å². The molecule has 0 aromatic carbocycles. The Hall–Kier alpha value is -0.120. The monoisotopic (exact) mass is 172 g/mol. The van der Waals surface area contributed by atoms with Gasteiger partial charge in [-0.2, -0.15) is 0 Å². The molecule has 0 bridgehead atoms. The summed E-state index contributed by atoms with van der Waals surface area (Å²) in [5.74, 6) is 0.883. The zero-order valence-electron chi connectivity index (χ0n) is 7.72. The van der Waals surface area contributed by atoms with Crippen LogP contribution in [0.1, 0.15) is 19.3 Å². The first-order chi connectivity index (χ1) is 5.93. The fourth-order valence-corrected chi connectivity index (χ4v) is 1.03. The number of nitrogens with two attached hydrogens (primary N) is 1. The van der Waals surface area contributed by atoms with Gasteiger partial charge in [0, 0.05) is 13.2 Å². The van der Waals surface area contributed by atoms with Crippen molar-refractivity contribution in [2.75, 3.05) is 32.8 Å². The van der Waals surface area contributed by atoms with E-state index in [0.29, 0.717) is 0 Å². The molecule has 3 nitrogen and oxygen atoms in total. The highest BCUT2D eigenvalue weighted by Crippen LogP contribution is 2.28. The molecule has 0 heterocycles. The SMILES string of the molecule is NCCCNCCOCC1CC1. The summed E-state index contributed by atoms with van der Waals surface area (Å²) in [5.41, 5.74) is 5.35. The Bertz CT molecular complexity index is 105. The molecule has 0 amide bonds. The molecule has 1 saturated carbocycles. The molecule has 1 rings (SSSR count). The predicted molar refractivity (Wildman–Crippen MR) is 50.1 cm³/mol. The van der Waals surface area contributed by atoms with Gasteiger partial charge in [-0.1, -0.05) is 0 Å². The average Bonchev–Trinajstić information content (AvgIpc) is 2.87. The first-order valence-electron chi connectivity index (χ1n) is 4.92. The van der Waals surface area contributed by atoms with E-state index in [1.807, 2.05) is 0 Å². The zero-order valence-corrected chi connectivity index (χ0v) is 7.72. The van der Waals surface area contributed by atoms with Crippen LogP contribution in [0.25, 0.3) is 0 Å². The molecule has 3 N–H and O–H groups in total. The van der Waals surface area contributed by atoms with Crippen molar-refractivity contribution in [1.82, 2.24) is 5.32 Å². The predicted octanol–water partition coefficient (Wildman–Crippen LogP) is 0.351. The Morgan fingerprint density at radius 2 is 2.17 bits per heavy atom. The summed E-state index contributed by atoms with van der Waals surface area (Å²) >= 11 is 0. The lowest BCUT2D eigenvalue weighted by Crippen LogP contribution is -2.23. The molecule has 0 atom stereocenters. The summed E-state index contributed by atoms with van der Waals surface area (Å²) in [4.78, 5) is 0. The molecule has 3 heteroatoms. The molecular weight excluding hydrogens is 152 g/mol. The molecule has 1 aliphatic rings. The second kappa shape index (κ2) is 6.40. The summed E-state index contributed by atoms with van der Waals surface area (Å²) < 4.78 is 5.44. The summed E-state index contributed by atoms with van der Waals surface area (Å²) in [6, 6.07) is 0. The van der Waals surface area contributed by atoms with Gasteiger partial charge in [-0.15, -0.1) is 0 Å². The van der Waals surface area contributed by atoms with Crippen molar-refractivity contribution in [3.05, 3.63) is 0 Å². The van der Waals surface area contributed by atoms with Crippen LogP contribution in [0.15, 0.2) is 0 Å². The fourth-order valence-electron chi connectivity index (χ4n) is 1.03. The molecule has 72 valence electrons. The van der Waals surface area contributed by atoms with Gasteiger partial charge in [0.25, 0.3) is 0 Å². The standard InChI is InChI=1S/C9H20N2O/c10-4-1-5-11-6-7-12-8-9-2-3-9/h9,11H,1-8,10H2. The van der Waals surface area contributed by atoms with Gasteiger partial charge >= 0.3 is 0 Å². The van der Waals surface area contributed by atoms with Gasteiger partial charge in [-0.3, -0.25) is 0 Å². The van der Waals surface area contributed by atoms with E-state index in [0.717, 1.165) is 45.2 Å². The first-order valence-corrected chi connectivity index (χ1v) is 4.92. The smallest absolute Gasteiger partial charge is 0.0591 e. The molecule has 0 aromatic rings. The molecule has 0 aliphatic heterocycles. The van der Waals surface area contributed by atoms with Gasteiger partial charge in [0.15, 0.2) is 0 Å². The minimum Gasteiger partial charge on any atom is -0.380 e. The summed E-state index contributed by atoms with van der Waals surface area (Å²) in [5, 5.41) is 3.28. The van der Waals surface area contributed by atoms with E-state index >= 15 is 0 Å². The lowest BCUT2D eigenvalue weighted by molar-refractivity contribution is 0.126. The first kappa shape index (κ1) is 9.96. The number of hydrogen-bond acceptors (Lipinski definition) is 3. The van der Waals surface area contributed by atoms with Crippen LogP contribution in [-0.4, -0.2) is 32.8 Å². The topological polar surface area (TPSA) is 47.3 Å². The Kier molecular flexibility index (Phi) is 5.32. The van der Waals surface area contributed by atoms with E-state index in [1.165, 1.54) is 12.8 Å². The lowest BCUT2D eigenvalue weighted by Gasteiger charge is -2.04. The fraction of sp³-hybridized carbons (Fsp3) is 1.00. The van der Waals surface area contributed by atoms with Crippen LogP contribution in [0.5, 0.6) is 0 Å². The van der Waals surface area contributed by atoms with E-state index in [9.17, 15) is 0 Å². The van der Waals surface area contributed by atoms with Crippen molar-refractivity contribution in [1.29, 1.82) is 0 Å². The maximum Gasteiger partial charge on any atom is 0.0591 e. The zero-order chi connectivity index (χ0) is 8.65. The van der Waals surface area contributed by atoms with Crippen molar-refractivity contribution in [3.63, 3.8) is 0 Å². The van der Waals surface area contributed by atoms with Crippen LogP contribution in [-0.2, 0) is 4.74 Å². The van der Waals surface area contributed by atoms with Gasteiger partial charge in [0.2, 0.25) is 0 Å². The summed E-state index contributed by atoms with van der Waals surface area (Å²) in [7, 11) is 0. The van der Waals surface area contributed by atoms with E-state index in [2.05, 4.69) is 5.32 Å². The van der Waals surface area contributed by atoms with E-state index in [4.69, 9.17) is 10.5 Å². The summed E-state index contributed by atoms with van der Waals surface area (Å²) in [6.45, 7) is 4.57. The highest BCUT2D eigenvalue weighted by Gasteiger charge is 2.20. The Morgan fingerprint density at radius 3 is 2.83 bits per heavy atom. The average molecular weight is 172 g/mol. The molecule has 0 saturated heterocycles. The lowest BCUT2D eigenvalue weighted by atomic mass is 10.4. The van der Waals surface area contributed by atoms with Crippen LogP contribution in [0, 0.1) is 5.92 Å². The maximum absolute atomic E-state index is 5.44. The quantitative estimate of drug-likeness (QED) is 0.519. The van der Waals surface area contributed by atoms with Gasteiger partial charge in [-0.05, 0) is 38.3 Å². The van der Waals surface area contributed by atoms with E-state index in [-0.39, 0.29) is 0 Å². The molecule has 0 spiro atoms. The van der Waals surface area contributed by atoms with E-state index < -0.39 is 0 Å². The highest BCUT2D eigenvalue weighted by atomic mass is 16.5. The second-order valence-corrected chi connectivity index (χ2v) is 3.41. The van der Waals surface area contributed by atoms with Crippen LogP contribution in [0.4, 0.5) is 0 Å². The number of hydrogen-bond donors (Lipinski definition) is 2. The number of ether oxygens (including phenoxy) is 1. The van der Waals surface area contributed by atoms with Crippen molar-refractivity contribution in [2.24, 2.45) is 11.7 Å². The van der Waals surface area contributed by atoms with Gasteiger partial charge in [-0.25, -0.2) is 0 Å². The molecule has 0 aromatic heterocycles. The molecular formula is C9H20N2O. The largest absolute Gasteiger partial charge is 0.380 e. The third kappa shape index (κ3) is 5.52. The van der Waals surface area contributed by atoms with Gasteiger partial charge < -0.3 is 15.8 Å². The summed E-state index contributed by atoms with van der Waals surface area (Å²) in [6.07, 6.45) is 3.81. The van der Waals surface area contributed by atoms with Crippen molar-refractivity contribution >= 4 is 0 Å². The Morgan fingerprint density at radius 1 is 1.33 bits per heavy atom. The number of nitrogens with one attached hydrogen (secondary N) is 1. The van der Waals surface area contributed by atoms with Crippen LogP contribution >= 0.6 is 0 Å². The molecule has 0 radical (unpaired) electrons. The third-order valence-electron chi connectivity index (χ3n) is 2.03. The maximum atomic E-state index is 5.44. The van der Waals surface area contributed by atoms with Crippen molar-refractivity contribution in [3.8, 4) is 0 Å². The van der Waals surface area contributed by atoms with E-state index in [1.54, 1.807) is 0 Å². The molecule has 1 aliphatic carbocycles. The number of rotatable bonds is 8. The van der Waals surface area contributed by atoms with Crippen molar-refractivity contribution in [2.45, 2.75) is 19.3 Å².